The first-order chi connectivity index (χ1) is 17.0. The van der Waals surface area contributed by atoms with E-state index in [0.29, 0.717) is 34.6 Å². The molecule has 0 saturated heterocycles. The number of fused-ring (bicyclic) bond motifs is 2. The third kappa shape index (κ3) is 4.66. The van der Waals surface area contributed by atoms with Gasteiger partial charge in [-0.3, -0.25) is 9.59 Å². The van der Waals surface area contributed by atoms with Crippen molar-refractivity contribution in [2.75, 3.05) is 23.9 Å². The normalized spacial score (nSPS) is 12.9. The van der Waals surface area contributed by atoms with Crippen molar-refractivity contribution in [1.29, 1.82) is 0 Å². The van der Waals surface area contributed by atoms with E-state index in [1.54, 1.807) is 18.2 Å². The maximum atomic E-state index is 13.6. The Labute approximate surface area is 216 Å². The highest BCUT2D eigenvalue weighted by Crippen LogP contribution is 2.32. The van der Waals surface area contributed by atoms with Gasteiger partial charge in [-0.05, 0) is 74.6 Å². The number of rotatable bonds is 4. The van der Waals surface area contributed by atoms with Crippen molar-refractivity contribution >= 4 is 46.6 Å². The summed E-state index contributed by atoms with van der Waals surface area (Å²) in [7, 11) is 1.50. The maximum absolute atomic E-state index is 13.6. The Balaban J connectivity index is 0.00000304. The van der Waals surface area contributed by atoms with E-state index in [9.17, 15) is 9.59 Å². The lowest BCUT2D eigenvalue weighted by molar-refractivity contribution is 0.0982. The summed E-state index contributed by atoms with van der Waals surface area (Å²) in [6, 6.07) is 16.8. The third-order valence-corrected chi connectivity index (χ3v) is 6.49. The van der Waals surface area contributed by atoms with Crippen LogP contribution in [0.5, 0.6) is 5.75 Å². The molecule has 2 N–H and O–H groups in total. The number of imidazole rings is 1. The number of para-hydroxylation sites is 2. The number of halogens is 1. The van der Waals surface area contributed by atoms with Crippen molar-refractivity contribution in [3.63, 3.8) is 0 Å². The minimum atomic E-state index is -0.329. The van der Waals surface area contributed by atoms with Gasteiger partial charge in [0, 0.05) is 12.1 Å². The fourth-order valence-corrected chi connectivity index (χ4v) is 4.82. The lowest BCUT2D eigenvalue weighted by atomic mass is 10.0. The van der Waals surface area contributed by atoms with Gasteiger partial charge in [-0.1, -0.05) is 24.3 Å². The Kier molecular flexibility index (Phi) is 7.31. The van der Waals surface area contributed by atoms with E-state index < -0.39 is 0 Å². The van der Waals surface area contributed by atoms with Gasteiger partial charge in [0.2, 0.25) is 0 Å². The van der Waals surface area contributed by atoms with E-state index >= 15 is 0 Å². The molecular weight excluding hydrogens is 476 g/mol. The van der Waals surface area contributed by atoms with Gasteiger partial charge in [0.05, 0.1) is 29.6 Å². The number of hydrogen-bond acceptors (Lipinski definition) is 4. The first-order valence-electron chi connectivity index (χ1n) is 11.8. The number of amides is 2. The molecule has 8 heteroatoms. The molecule has 0 aliphatic carbocycles. The molecule has 4 aromatic rings. The van der Waals surface area contributed by atoms with E-state index in [4.69, 9.17) is 4.74 Å². The summed E-state index contributed by atoms with van der Waals surface area (Å²) < 4.78 is 5.54. The Morgan fingerprint density at radius 3 is 2.67 bits per heavy atom. The number of aromatic nitrogens is 2. The van der Waals surface area contributed by atoms with Crippen LogP contribution in [0.2, 0.25) is 0 Å². The molecule has 0 saturated carbocycles. The van der Waals surface area contributed by atoms with Crippen molar-refractivity contribution < 1.29 is 14.3 Å². The summed E-state index contributed by atoms with van der Waals surface area (Å²) in [6.45, 7) is 4.57. The van der Waals surface area contributed by atoms with Crippen molar-refractivity contribution in [2.45, 2.75) is 33.1 Å². The van der Waals surface area contributed by atoms with Gasteiger partial charge in [0.1, 0.15) is 17.1 Å². The van der Waals surface area contributed by atoms with Gasteiger partial charge in [-0.15, -0.1) is 12.4 Å². The highest BCUT2D eigenvalue weighted by molar-refractivity contribution is 6.11. The molecule has 3 aromatic carbocycles. The molecule has 186 valence electrons. The fraction of sp³-hybridized carbons (Fsp3) is 0.250. The van der Waals surface area contributed by atoms with Gasteiger partial charge in [0.15, 0.2) is 0 Å². The van der Waals surface area contributed by atoms with E-state index in [1.165, 1.54) is 12.7 Å². The second kappa shape index (κ2) is 10.4. The molecule has 0 atom stereocenters. The quantitative estimate of drug-likeness (QED) is 0.365. The smallest absolute Gasteiger partial charge is 0.259 e. The molecule has 7 nitrogen and oxygen atoms in total. The number of methoxy groups -OCH3 is 1. The van der Waals surface area contributed by atoms with Gasteiger partial charge in [-0.25, -0.2) is 4.98 Å². The van der Waals surface area contributed by atoms with E-state index in [0.717, 1.165) is 41.9 Å². The van der Waals surface area contributed by atoms with Crippen LogP contribution in [0.3, 0.4) is 0 Å². The Bertz CT molecular complexity index is 1450. The number of aromatic amines is 1. The summed E-state index contributed by atoms with van der Waals surface area (Å²) >= 11 is 0. The maximum Gasteiger partial charge on any atom is 0.259 e. The average molecular weight is 505 g/mol. The number of carbonyl (C=O) groups excluding carboxylic acids is 2. The standard InChI is InChI=1S/C28H28N4O3.ClH/c1-17-8-6-10-19-9-4-5-15-32(26(17)19)28(34)20-13-14-21(24(16-20)35-3)27(33)31-23-12-7-11-22-25(23)30-18(2)29-22;/h6-8,10-14,16H,4-5,9,15H2,1-3H3,(H,29,30)(H,31,33);1H. The van der Waals surface area contributed by atoms with Crippen LogP contribution >= 0.6 is 12.4 Å². The zero-order valence-electron chi connectivity index (χ0n) is 20.6. The summed E-state index contributed by atoms with van der Waals surface area (Å²) in [5.74, 6) is 0.695. The number of aryl methyl sites for hydroxylation is 3. The summed E-state index contributed by atoms with van der Waals surface area (Å²) in [4.78, 5) is 36.3. The summed E-state index contributed by atoms with van der Waals surface area (Å²) in [5, 5.41) is 2.93. The molecule has 1 aliphatic heterocycles. The topological polar surface area (TPSA) is 87.3 Å². The number of nitrogens with zero attached hydrogens (tertiary/aromatic N) is 2. The number of anilines is 2. The molecule has 1 aliphatic rings. The molecule has 0 bridgehead atoms. The first-order valence-corrected chi connectivity index (χ1v) is 11.8. The van der Waals surface area contributed by atoms with Crippen LogP contribution < -0.4 is 15.0 Å². The fourth-order valence-electron chi connectivity index (χ4n) is 4.82. The number of nitrogens with one attached hydrogen (secondary N) is 2. The Morgan fingerprint density at radius 2 is 1.86 bits per heavy atom. The van der Waals surface area contributed by atoms with E-state index in [-0.39, 0.29) is 24.2 Å². The number of hydrogen-bond donors (Lipinski definition) is 2. The highest BCUT2D eigenvalue weighted by Gasteiger charge is 2.25. The molecule has 0 radical (unpaired) electrons. The monoisotopic (exact) mass is 504 g/mol. The number of carbonyl (C=O) groups is 2. The number of ether oxygens (including phenoxy) is 1. The molecule has 0 fully saturated rings. The van der Waals surface area contributed by atoms with Gasteiger partial charge >= 0.3 is 0 Å². The molecule has 2 heterocycles. The Morgan fingerprint density at radius 1 is 1.06 bits per heavy atom. The molecule has 2 amide bonds. The minimum Gasteiger partial charge on any atom is -0.496 e. The number of H-pyrrole nitrogens is 1. The summed E-state index contributed by atoms with van der Waals surface area (Å²) in [5.41, 5.74) is 6.26. The SMILES string of the molecule is COc1cc(C(=O)N2CCCCc3cccc(C)c32)ccc1C(=O)Nc1cccc2[nH]c(C)nc12.Cl. The van der Waals surface area contributed by atoms with Crippen molar-refractivity contribution in [3.8, 4) is 5.75 Å². The number of benzene rings is 3. The van der Waals surface area contributed by atoms with Crippen molar-refractivity contribution in [2.24, 2.45) is 0 Å². The molecule has 5 rings (SSSR count). The highest BCUT2D eigenvalue weighted by atomic mass is 35.5. The predicted octanol–water partition coefficient (Wildman–Crippen LogP) is 5.85. The lowest BCUT2D eigenvalue weighted by Gasteiger charge is -2.25. The Hall–Kier alpha value is -3.84. The van der Waals surface area contributed by atoms with E-state index in [1.807, 2.05) is 49.1 Å². The molecule has 0 unspecified atom stereocenters. The predicted molar refractivity (Wildman–Crippen MR) is 145 cm³/mol. The second-order valence-corrected chi connectivity index (χ2v) is 8.89. The zero-order chi connectivity index (χ0) is 24.5. The van der Waals surface area contributed by atoms with Crippen molar-refractivity contribution in [1.82, 2.24) is 9.97 Å². The molecule has 1 aromatic heterocycles. The summed E-state index contributed by atoms with van der Waals surface area (Å²) in [6.07, 6.45) is 2.95. The minimum absolute atomic E-state index is 0. The van der Waals surface area contributed by atoms with Crippen LogP contribution in [-0.2, 0) is 6.42 Å². The van der Waals surface area contributed by atoms with Crippen LogP contribution in [0.25, 0.3) is 11.0 Å². The van der Waals surface area contributed by atoms with Crippen LogP contribution in [-0.4, -0.2) is 35.4 Å². The van der Waals surface area contributed by atoms with Crippen LogP contribution in [0, 0.1) is 13.8 Å². The molecular formula is C28H29ClN4O3. The zero-order valence-corrected chi connectivity index (χ0v) is 21.4. The first kappa shape index (κ1) is 25.3. The van der Waals surface area contributed by atoms with Gasteiger partial charge in [-0.2, -0.15) is 0 Å². The average Bonchev–Trinajstić information content (AvgIpc) is 3.11. The lowest BCUT2D eigenvalue weighted by Crippen LogP contribution is -2.32. The molecule has 0 spiro atoms. The van der Waals surface area contributed by atoms with E-state index in [2.05, 4.69) is 21.4 Å². The van der Waals surface area contributed by atoms with Gasteiger partial charge in [0.25, 0.3) is 11.8 Å². The largest absolute Gasteiger partial charge is 0.496 e. The van der Waals surface area contributed by atoms with Gasteiger partial charge < -0.3 is 19.9 Å². The van der Waals surface area contributed by atoms with Crippen molar-refractivity contribution in [3.05, 3.63) is 82.7 Å². The van der Waals surface area contributed by atoms with Crippen LogP contribution in [0.4, 0.5) is 11.4 Å². The van der Waals surface area contributed by atoms with Crippen LogP contribution in [0.15, 0.2) is 54.6 Å². The molecule has 36 heavy (non-hydrogen) atoms. The second-order valence-electron chi connectivity index (χ2n) is 8.89. The van der Waals surface area contributed by atoms with Crippen LogP contribution in [0.1, 0.15) is 50.5 Å². The third-order valence-electron chi connectivity index (χ3n) is 6.49.